The minimum Gasteiger partial charge on any atom is -0.340 e. The van der Waals surface area contributed by atoms with E-state index in [0.717, 1.165) is 0 Å². The Balaban J connectivity index is 2.53. The van der Waals surface area contributed by atoms with E-state index in [1.54, 1.807) is 25.1 Å². The number of para-hydroxylation sites is 1. The summed E-state index contributed by atoms with van der Waals surface area (Å²) in [7, 11) is 0. The zero-order chi connectivity index (χ0) is 12.4. The quantitative estimate of drug-likeness (QED) is 0.776. The number of rotatable bonds is 1. The van der Waals surface area contributed by atoms with E-state index in [4.69, 9.17) is 16.9 Å². The van der Waals surface area contributed by atoms with Gasteiger partial charge in [0.1, 0.15) is 12.4 Å². The van der Waals surface area contributed by atoms with Crippen LogP contribution in [0.25, 0.3) is 0 Å². The van der Waals surface area contributed by atoms with Gasteiger partial charge in [-0.15, -0.1) is 0 Å². The molecule has 1 heterocycles. The van der Waals surface area contributed by atoms with Crippen molar-refractivity contribution in [1.29, 1.82) is 5.26 Å². The molecule has 1 aromatic carbocycles. The van der Waals surface area contributed by atoms with Crippen molar-refractivity contribution in [3.8, 4) is 6.07 Å². The number of fused-ring (bicyclic) bond motifs is 1. The summed E-state index contributed by atoms with van der Waals surface area (Å²) in [6, 6.07) is 9.09. The Labute approximate surface area is 104 Å². The fraction of sp³-hybridized carbons (Fsp3) is 0.167. The van der Waals surface area contributed by atoms with Gasteiger partial charge < -0.3 is 5.32 Å². The third kappa shape index (κ3) is 1.97. The van der Waals surface area contributed by atoms with Crippen molar-refractivity contribution in [2.75, 3.05) is 11.9 Å². The zero-order valence-corrected chi connectivity index (χ0v) is 9.95. The van der Waals surface area contributed by atoms with Crippen molar-refractivity contribution in [2.24, 2.45) is 0 Å². The molecule has 0 unspecified atom stereocenters. The molecule has 0 saturated carbocycles. The number of halogens is 1. The van der Waals surface area contributed by atoms with Crippen LogP contribution in [0.2, 0.25) is 0 Å². The van der Waals surface area contributed by atoms with E-state index in [0.29, 0.717) is 22.1 Å². The molecule has 0 bridgehead atoms. The molecule has 0 atom stereocenters. The Hall–Kier alpha value is -1.99. The normalized spacial score (nSPS) is 17.0. The number of nitrogens with one attached hydrogen (secondary N) is 1. The number of carbonyl (C=O) groups excluding carboxylic acids is 1. The predicted octanol–water partition coefficient (Wildman–Crippen LogP) is 2.51. The lowest BCUT2D eigenvalue weighted by Gasteiger charge is -2.30. The lowest BCUT2D eigenvalue weighted by atomic mass is 10.1. The van der Waals surface area contributed by atoms with Crippen LogP contribution in [0.4, 0.5) is 5.69 Å². The molecule has 0 radical (unpaired) electrons. The Bertz CT molecular complexity index is 541. The van der Waals surface area contributed by atoms with Gasteiger partial charge in [0.25, 0.3) is 5.91 Å². The number of benzene rings is 1. The van der Waals surface area contributed by atoms with Gasteiger partial charge in [-0.05, 0) is 19.1 Å². The van der Waals surface area contributed by atoms with Gasteiger partial charge in [0.05, 0.1) is 22.4 Å². The number of amides is 1. The number of carbonyl (C=O) groups is 1. The summed E-state index contributed by atoms with van der Waals surface area (Å²) in [4.78, 5) is 13.5. The van der Waals surface area contributed by atoms with E-state index in [-0.39, 0.29) is 12.5 Å². The lowest BCUT2D eigenvalue weighted by molar-refractivity contribution is 0.0816. The average Bonchev–Trinajstić information content (AvgIpc) is 2.32. The van der Waals surface area contributed by atoms with Gasteiger partial charge >= 0.3 is 0 Å². The standard InChI is InChI=1S/C12H10ClN3O/c1-8(13)11-15-10-5-3-2-4-9(10)12(17)16(11)7-6-14/h2-5,15H,7H2,1H3/b11-8-. The maximum Gasteiger partial charge on any atom is 0.262 e. The molecule has 0 spiro atoms. The third-order valence-electron chi connectivity index (χ3n) is 2.48. The Morgan fingerprint density at radius 3 is 2.88 bits per heavy atom. The highest BCUT2D eigenvalue weighted by Crippen LogP contribution is 2.28. The second-order valence-electron chi connectivity index (χ2n) is 3.60. The van der Waals surface area contributed by atoms with Gasteiger partial charge in [0.2, 0.25) is 0 Å². The second kappa shape index (κ2) is 4.48. The first-order valence-electron chi connectivity index (χ1n) is 5.06. The van der Waals surface area contributed by atoms with Crippen molar-refractivity contribution < 1.29 is 4.79 Å². The summed E-state index contributed by atoms with van der Waals surface area (Å²) in [5, 5.41) is 12.3. The highest BCUT2D eigenvalue weighted by Gasteiger charge is 2.28. The Morgan fingerprint density at radius 2 is 2.24 bits per heavy atom. The van der Waals surface area contributed by atoms with Crippen molar-refractivity contribution in [3.63, 3.8) is 0 Å². The van der Waals surface area contributed by atoms with E-state index in [1.165, 1.54) is 4.90 Å². The van der Waals surface area contributed by atoms with Crippen LogP contribution in [-0.4, -0.2) is 17.4 Å². The average molecular weight is 248 g/mol. The molecule has 1 aromatic rings. The molecule has 1 amide bonds. The van der Waals surface area contributed by atoms with Crippen molar-refractivity contribution in [3.05, 3.63) is 40.7 Å². The number of nitriles is 1. The maximum absolute atomic E-state index is 12.2. The molecule has 86 valence electrons. The topological polar surface area (TPSA) is 56.1 Å². The van der Waals surface area contributed by atoms with E-state index in [1.807, 2.05) is 12.1 Å². The summed E-state index contributed by atoms with van der Waals surface area (Å²) >= 11 is 5.93. The SMILES string of the molecule is C/C(Cl)=C1\Nc2ccccc2C(=O)N1CC#N. The first kappa shape index (κ1) is 11.5. The molecule has 2 rings (SSSR count). The van der Waals surface area contributed by atoms with E-state index >= 15 is 0 Å². The lowest BCUT2D eigenvalue weighted by Crippen LogP contribution is -2.38. The van der Waals surface area contributed by atoms with E-state index in [9.17, 15) is 4.79 Å². The summed E-state index contributed by atoms with van der Waals surface area (Å²) in [6.07, 6.45) is 0. The molecular formula is C12H10ClN3O. The number of allylic oxidation sites excluding steroid dienone is 1. The maximum atomic E-state index is 12.2. The first-order chi connectivity index (χ1) is 8.15. The van der Waals surface area contributed by atoms with Crippen LogP contribution in [0, 0.1) is 11.3 Å². The van der Waals surface area contributed by atoms with Crippen LogP contribution in [0.3, 0.4) is 0 Å². The fourth-order valence-corrected chi connectivity index (χ4v) is 1.86. The van der Waals surface area contributed by atoms with E-state index < -0.39 is 0 Å². The van der Waals surface area contributed by atoms with Crippen LogP contribution in [0.1, 0.15) is 17.3 Å². The van der Waals surface area contributed by atoms with Gasteiger partial charge in [-0.2, -0.15) is 5.26 Å². The molecule has 0 aromatic heterocycles. The van der Waals surface area contributed by atoms with Crippen molar-refractivity contribution in [2.45, 2.75) is 6.92 Å². The fourth-order valence-electron chi connectivity index (χ4n) is 1.71. The first-order valence-corrected chi connectivity index (χ1v) is 5.44. The predicted molar refractivity (Wildman–Crippen MR) is 65.3 cm³/mol. The van der Waals surface area contributed by atoms with E-state index in [2.05, 4.69) is 5.32 Å². The molecule has 0 saturated heterocycles. The molecule has 1 aliphatic rings. The molecule has 5 heteroatoms. The van der Waals surface area contributed by atoms with Crippen LogP contribution in [0.5, 0.6) is 0 Å². The highest BCUT2D eigenvalue weighted by molar-refractivity contribution is 6.30. The minimum absolute atomic E-state index is 0.0282. The zero-order valence-electron chi connectivity index (χ0n) is 9.20. The van der Waals surface area contributed by atoms with Crippen LogP contribution < -0.4 is 5.32 Å². The molecule has 17 heavy (non-hydrogen) atoms. The summed E-state index contributed by atoms with van der Waals surface area (Å²) in [6.45, 7) is 1.65. The molecular weight excluding hydrogens is 238 g/mol. The summed E-state index contributed by atoms with van der Waals surface area (Å²) < 4.78 is 0. The van der Waals surface area contributed by atoms with Gasteiger partial charge in [0.15, 0.2) is 0 Å². The summed E-state index contributed by atoms with van der Waals surface area (Å²) in [5.74, 6) is 0.257. The number of nitrogens with zero attached hydrogens (tertiary/aromatic N) is 2. The van der Waals surface area contributed by atoms with Gasteiger partial charge in [0, 0.05) is 0 Å². The van der Waals surface area contributed by atoms with Gasteiger partial charge in [-0.25, -0.2) is 0 Å². The third-order valence-corrected chi connectivity index (χ3v) is 2.66. The van der Waals surface area contributed by atoms with Crippen LogP contribution in [0.15, 0.2) is 35.1 Å². The Morgan fingerprint density at radius 1 is 1.53 bits per heavy atom. The monoisotopic (exact) mass is 247 g/mol. The number of hydrogen-bond acceptors (Lipinski definition) is 3. The van der Waals surface area contributed by atoms with Crippen molar-refractivity contribution >= 4 is 23.2 Å². The highest BCUT2D eigenvalue weighted by atomic mass is 35.5. The molecule has 1 N–H and O–H groups in total. The van der Waals surface area contributed by atoms with Crippen molar-refractivity contribution in [1.82, 2.24) is 4.90 Å². The number of anilines is 1. The summed E-state index contributed by atoms with van der Waals surface area (Å²) in [5.41, 5.74) is 1.26. The van der Waals surface area contributed by atoms with Gasteiger partial charge in [-0.3, -0.25) is 9.69 Å². The molecule has 0 fully saturated rings. The molecule has 1 aliphatic heterocycles. The minimum atomic E-state index is -0.212. The van der Waals surface area contributed by atoms with Crippen LogP contribution in [-0.2, 0) is 0 Å². The van der Waals surface area contributed by atoms with Gasteiger partial charge in [-0.1, -0.05) is 23.7 Å². The second-order valence-corrected chi connectivity index (χ2v) is 4.17. The number of hydrogen-bond donors (Lipinski definition) is 1. The molecule has 4 nitrogen and oxygen atoms in total. The molecule has 0 aliphatic carbocycles. The Kier molecular flexibility index (Phi) is 3.03. The van der Waals surface area contributed by atoms with Crippen LogP contribution >= 0.6 is 11.6 Å². The smallest absolute Gasteiger partial charge is 0.262 e. The largest absolute Gasteiger partial charge is 0.340 e.